The predicted molar refractivity (Wildman–Crippen MR) is 132 cm³/mol. The summed E-state index contributed by atoms with van der Waals surface area (Å²) in [6, 6.07) is 3.87. The van der Waals surface area contributed by atoms with Crippen molar-refractivity contribution in [2.24, 2.45) is 0 Å². The summed E-state index contributed by atoms with van der Waals surface area (Å²) in [6.07, 6.45) is 8.40. The number of hydrogen-bond donors (Lipinski definition) is 4. The fourth-order valence-corrected chi connectivity index (χ4v) is 3.84. The first-order chi connectivity index (χ1) is 16.1. The van der Waals surface area contributed by atoms with E-state index in [0.717, 1.165) is 35.6 Å². The molecule has 0 bridgehead atoms. The second-order valence-electron chi connectivity index (χ2n) is 9.78. The Bertz CT molecular complexity index is 1030. The zero-order valence-corrected chi connectivity index (χ0v) is 21.7. The molecule has 0 saturated carbocycles. The summed E-state index contributed by atoms with van der Waals surface area (Å²) in [7, 11) is 0.327. The first-order valence-corrected chi connectivity index (χ1v) is 12.4. The average Bonchev–Trinajstić information content (AvgIpc) is 3.49. The molecule has 1 amide bonds. The quantitative estimate of drug-likeness (QED) is 0.233. The number of nitrogens with zero attached hydrogens (tertiary/aromatic N) is 3. The van der Waals surface area contributed by atoms with Gasteiger partial charge in [0.15, 0.2) is 0 Å². The van der Waals surface area contributed by atoms with Crippen molar-refractivity contribution in [3.8, 4) is 0 Å². The molecule has 0 aliphatic carbocycles. The molecule has 4 N–H and O–H groups in total. The highest BCUT2D eigenvalue weighted by Crippen LogP contribution is 2.30. The molecule has 0 aliphatic rings. The molecular formula is C24H35N7O2Si. The van der Waals surface area contributed by atoms with E-state index in [9.17, 15) is 4.79 Å². The van der Waals surface area contributed by atoms with Gasteiger partial charge in [-0.1, -0.05) is 20.8 Å². The topological polar surface area (TPSA) is 121 Å². The number of imidazole rings is 2. The van der Waals surface area contributed by atoms with E-state index in [-0.39, 0.29) is 10.9 Å². The number of rotatable bonds is 12. The third-order valence-corrected chi connectivity index (χ3v) is 6.31. The van der Waals surface area contributed by atoms with Gasteiger partial charge in [0.1, 0.15) is 5.69 Å². The van der Waals surface area contributed by atoms with Gasteiger partial charge in [0.2, 0.25) is 9.76 Å². The van der Waals surface area contributed by atoms with Crippen molar-refractivity contribution in [2.75, 3.05) is 13.1 Å². The molecule has 0 atom stereocenters. The molecule has 3 heterocycles. The molecular weight excluding hydrogens is 446 g/mol. The van der Waals surface area contributed by atoms with E-state index >= 15 is 0 Å². The molecule has 9 nitrogen and oxygen atoms in total. The molecule has 0 fully saturated rings. The monoisotopic (exact) mass is 481 g/mol. The van der Waals surface area contributed by atoms with Crippen LogP contribution in [0.3, 0.4) is 0 Å². The SMILES string of the molecule is CC(C)(C)[Si]OC(C)(C)c1cc(CNCCc2cnc[nH]2)nc(C(=O)NCCc2cnc[nH]2)c1. The highest BCUT2D eigenvalue weighted by molar-refractivity contribution is 6.31. The first kappa shape index (κ1) is 25.8. The van der Waals surface area contributed by atoms with E-state index in [4.69, 9.17) is 4.43 Å². The van der Waals surface area contributed by atoms with Crippen molar-refractivity contribution >= 4 is 15.7 Å². The van der Waals surface area contributed by atoms with Crippen LogP contribution in [-0.2, 0) is 29.4 Å². The lowest BCUT2D eigenvalue weighted by molar-refractivity contribution is 0.0945. The molecule has 3 aromatic rings. The molecule has 0 spiro atoms. The Kier molecular flexibility index (Phi) is 8.76. The minimum atomic E-state index is -0.551. The molecule has 2 radical (unpaired) electrons. The standard InChI is InChI=1S/C24H35N7O2Si/c1-23(2,3)34-33-24(4,5)17-10-20(14-25-8-6-18-12-26-15-29-18)31-21(11-17)22(32)28-9-7-19-13-27-16-30-19/h10-13,15-16,25H,6-9,14H2,1-5H3,(H,26,29)(H,27,30)(H,28,32). The van der Waals surface area contributed by atoms with Crippen LogP contribution in [0.25, 0.3) is 0 Å². The molecule has 0 aliphatic heterocycles. The smallest absolute Gasteiger partial charge is 0.269 e. The Morgan fingerprint density at radius 3 is 2.24 bits per heavy atom. The Labute approximate surface area is 203 Å². The van der Waals surface area contributed by atoms with Crippen molar-refractivity contribution in [2.45, 2.75) is 64.6 Å². The van der Waals surface area contributed by atoms with Crippen LogP contribution in [0.15, 0.2) is 37.2 Å². The van der Waals surface area contributed by atoms with Gasteiger partial charge in [-0.05, 0) is 36.6 Å². The van der Waals surface area contributed by atoms with Gasteiger partial charge in [0.25, 0.3) is 5.91 Å². The maximum Gasteiger partial charge on any atom is 0.269 e. The average molecular weight is 482 g/mol. The summed E-state index contributed by atoms with van der Waals surface area (Å²) in [4.78, 5) is 31.8. The number of amides is 1. The van der Waals surface area contributed by atoms with Gasteiger partial charge < -0.3 is 25.0 Å². The van der Waals surface area contributed by atoms with Crippen LogP contribution in [0.4, 0.5) is 0 Å². The summed E-state index contributed by atoms with van der Waals surface area (Å²) in [5, 5.41) is 6.44. The molecule has 0 saturated heterocycles. The van der Waals surface area contributed by atoms with Gasteiger partial charge in [-0.2, -0.15) is 0 Å². The number of carbonyl (C=O) groups is 1. The van der Waals surface area contributed by atoms with E-state index in [1.54, 1.807) is 18.9 Å². The first-order valence-electron chi connectivity index (χ1n) is 11.5. The van der Waals surface area contributed by atoms with E-state index in [1.165, 1.54) is 0 Å². The van der Waals surface area contributed by atoms with Crippen LogP contribution >= 0.6 is 0 Å². The third kappa shape index (κ3) is 8.19. The fourth-order valence-electron chi connectivity index (χ4n) is 3.17. The molecule has 0 unspecified atom stereocenters. The van der Waals surface area contributed by atoms with Crippen LogP contribution in [0, 0.1) is 0 Å². The lowest BCUT2D eigenvalue weighted by atomic mass is 9.97. The van der Waals surface area contributed by atoms with Crippen LogP contribution in [-0.4, -0.2) is 53.7 Å². The Balaban J connectivity index is 1.70. The van der Waals surface area contributed by atoms with Crippen LogP contribution in [0.5, 0.6) is 0 Å². The van der Waals surface area contributed by atoms with E-state index in [0.29, 0.717) is 35.0 Å². The number of aromatic nitrogens is 5. The summed E-state index contributed by atoms with van der Waals surface area (Å²) in [5.41, 5.74) is 3.62. The summed E-state index contributed by atoms with van der Waals surface area (Å²) < 4.78 is 6.30. The number of aromatic amines is 2. The number of H-pyrrole nitrogens is 2. The van der Waals surface area contributed by atoms with E-state index in [2.05, 4.69) is 56.3 Å². The van der Waals surface area contributed by atoms with Crippen molar-refractivity contribution in [3.63, 3.8) is 0 Å². The van der Waals surface area contributed by atoms with Gasteiger partial charge in [-0.15, -0.1) is 0 Å². The summed E-state index contributed by atoms with van der Waals surface area (Å²) in [6.45, 7) is 12.4. The number of nitrogens with one attached hydrogen (secondary N) is 4. The van der Waals surface area contributed by atoms with Gasteiger partial charge in [-0.3, -0.25) is 4.79 Å². The number of hydrogen-bond acceptors (Lipinski definition) is 6. The largest absolute Gasteiger partial charge is 0.408 e. The number of carbonyl (C=O) groups excluding carboxylic acids is 1. The van der Waals surface area contributed by atoms with Crippen molar-refractivity contribution in [1.29, 1.82) is 0 Å². The minimum Gasteiger partial charge on any atom is -0.408 e. The maximum absolute atomic E-state index is 12.9. The molecule has 10 heteroatoms. The Hall–Kier alpha value is -2.82. The Morgan fingerprint density at radius 2 is 1.65 bits per heavy atom. The van der Waals surface area contributed by atoms with Crippen LogP contribution < -0.4 is 10.6 Å². The molecule has 3 aromatic heterocycles. The second kappa shape index (κ2) is 11.5. The fraction of sp³-hybridized carbons (Fsp3) is 0.500. The lowest BCUT2D eigenvalue weighted by Crippen LogP contribution is -2.31. The normalized spacial score (nSPS) is 12.1. The van der Waals surface area contributed by atoms with Gasteiger partial charge in [0, 0.05) is 56.3 Å². The van der Waals surface area contributed by atoms with E-state index < -0.39 is 5.60 Å². The van der Waals surface area contributed by atoms with Crippen LogP contribution in [0.2, 0.25) is 5.04 Å². The molecule has 3 rings (SSSR count). The minimum absolute atomic E-state index is 0.0637. The summed E-state index contributed by atoms with van der Waals surface area (Å²) in [5.74, 6) is -0.200. The van der Waals surface area contributed by atoms with E-state index in [1.807, 2.05) is 32.2 Å². The molecule has 182 valence electrons. The zero-order valence-electron chi connectivity index (χ0n) is 20.7. The van der Waals surface area contributed by atoms with Crippen LogP contribution in [0.1, 0.15) is 67.8 Å². The maximum atomic E-state index is 12.9. The van der Waals surface area contributed by atoms with Gasteiger partial charge >= 0.3 is 0 Å². The third-order valence-electron chi connectivity index (χ3n) is 5.09. The molecule has 34 heavy (non-hydrogen) atoms. The molecule has 0 aromatic carbocycles. The zero-order chi connectivity index (χ0) is 24.6. The Morgan fingerprint density at radius 1 is 1.00 bits per heavy atom. The highest BCUT2D eigenvalue weighted by atomic mass is 28.2. The van der Waals surface area contributed by atoms with Gasteiger partial charge in [-0.25, -0.2) is 15.0 Å². The van der Waals surface area contributed by atoms with Crippen molar-refractivity contribution in [3.05, 3.63) is 65.5 Å². The lowest BCUT2D eigenvalue weighted by Gasteiger charge is -2.30. The van der Waals surface area contributed by atoms with Crippen molar-refractivity contribution in [1.82, 2.24) is 35.6 Å². The van der Waals surface area contributed by atoms with Crippen molar-refractivity contribution < 1.29 is 9.22 Å². The predicted octanol–water partition coefficient (Wildman–Crippen LogP) is 2.92. The second-order valence-corrected chi connectivity index (χ2v) is 11.7. The van der Waals surface area contributed by atoms with Gasteiger partial charge in [0.05, 0.1) is 23.9 Å². The highest BCUT2D eigenvalue weighted by Gasteiger charge is 2.27. The summed E-state index contributed by atoms with van der Waals surface area (Å²) >= 11 is 0. The number of pyridine rings is 1.